The van der Waals surface area contributed by atoms with Gasteiger partial charge in [-0.25, -0.2) is 0 Å². The van der Waals surface area contributed by atoms with Crippen LogP contribution in [0.1, 0.15) is 12.8 Å². The second kappa shape index (κ2) is 1.71. The monoisotopic (exact) mass is 112 g/mol. The highest BCUT2D eigenvalue weighted by atomic mass is 16.3. The molecule has 0 unspecified atom stereocenters. The van der Waals surface area contributed by atoms with Gasteiger partial charge in [0.25, 0.3) is 0 Å². The Morgan fingerprint density at radius 2 is 2.00 bits per heavy atom. The van der Waals surface area contributed by atoms with Crippen LogP contribution in [0.5, 0.6) is 0 Å². The summed E-state index contributed by atoms with van der Waals surface area (Å²) in [5.41, 5.74) is -1.06. The summed E-state index contributed by atoms with van der Waals surface area (Å²) in [6.07, 6.45) is 5.20. The highest BCUT2D eigenvalue weighted by Crippen LogP contribution is 2.19. The number of aliphatic hydroxyl groups is 1. The molecule has 0 aromatic heterocycles. The summed E-state index contributed by atoms with van der Waals surface area (Å²) in [4.78, 5) is 10.0. The van der Waals surface area contributed by atoms with E-state index in [0.717, 1.165) is 0 Å². The highest BCUT2D eigenvalue weighted by Gasteiger charge is 2.26. The van der Waals surface area contributed by atoms with Crippen LogP contribution >= 0.6 is 0 Å². The number of hydrogen-bond acceptors (Lipinski definition) is 2. The number of rotatable bonds is 1. The van der Waals surface area contributed by atoms with E-state index in [1.165, 1.54) is 0 Å². The number of aldehydes is 1. The van der Waals surface area contributed by atoms with E-state index in [1.54, 1.807) is 0 Å². The van der Waals surface area contributed by atoms with Gasteiger partial charge in [0.2, 0.25) is 0 Å². The Morgan fingerprint density at radius 1 is 1.50 bits per heavy atom. The Bertz CT molecular complexity index is 118. The third-order valence-corrected chi connectivity index (χ3v) is 1.33. The van der Waals surface area contributed by atoms with Gasteiger partial charge in [0, 0.05) is 12.8 Å². The molecule has 1 aliphatic rings. The van der Waals surface area contributed by atoms with Gasteiger partial charge in [-0.3, -0.25) is 0 Å². The lowest BCUT2D eigenvalue weighted by atomic mass is 10.1. The molecular weight excluding hydrogens is 104 g/mol. The maximum Gasteiger partial charge on any atom is 0.152 e. The quantitative estimate of drug-likeness (QED) is 0.390. The molecular formula is C6H8O2. The largest absolute Gasteiger partial charge is 0.382 e. The van der Waals surface area contributed by atoms with Gasteiger partial charge in [0.15, 0.2) is 6.29 Å². The molecule has 0 bridgehead atoms. The molecule has 0 saturated carbocycles. The molecule has 0 spiro atoms. The topological polar surface area (TPSA) is 37.3 Å². The van der Waals surface area contributed by atoms with E-state index in [2.05, 4.69) is 0 Å². The Kier molecular flexibility index (Phi) is 1.18. The number of hydrogen-bond donors (Lipinski definition) is 1. The lowest BCUT2D eigenvalue weighted by Gasteiger charge is -2.11. The van der Waals surface area contributed by atoms with Crippen LogP contribution in [0.2, 0.25) is 0 Å². The molecule has 2 heteroatoms. The predicted octanol–water partition coefficient (Wildman–Crippen LogP) is 0.266. The first-order chi connectivity index (χ1) is 3.77. The minimum atomic E-state index is -1.06. The molecule has 0 amide bonds. The SMILES string of the molecule is O=CC1(O)CC=CC1. The Labute approximate surface area is 47.8 Å². The zero-order valence-corrected chi connectivity index (χ0v) is 4.50. The molecule has 0 fully saturated rings. The molecule has 8 heavy (non-hydrogen) atoms. The molecule has 1 N–H and O–H groups in total. The third kappa shape index (κ3) is 0.793. The molecule has 0 aromatic carbocycles. The Hall–Kier alpha value is -0.630. The molecule has 44 valence electrons. The summed E-state index contributed by atoms with van der Waals surface area (Å²) in [6.45, 7) is 0. The van der Waals surface area contributed by atoms with Crippen molar-refractivity contribution in [3.63, 3.8) is 0 Å². The Balaban J connectivity index is 2.58. The first-order valence-corrected chi connectivity index (χ1v) is 2.60. The molecule has 0 aromatic rings. The van der Waals surface area contributed by atoms with Gasteiger partial charge in [-0.2, -0.15) is 0 Å². The zero-order valence-electron chi connectivity index (χ0n) is 4.50. The average molecular weight is 112 g/mol. The highest BCUT2D eigenvalue weighted by molar-refractivity contribution is 5.63. The molecule has 0 heterocycles. The minimum Gasteiger partial charge on any atom is -0.382 e. The van der Waals surface area contributed by atoms with E-state index in [1.807, 2.05) is 12.2 Å². The summed E-state index contributed by atoms with van der Waals surface area (Å²) in [6, 6.07) is 0. The smallest absolute Gasteiger partial charge is 0.152 e. The van der Waals surface area contributed by atoms with E-state index >= 15 is 0 Å². The van der Waals surface area contributed by atoms with Crippen LogP contribution in [0.25, 0.3) is 0 Å². The summed E-state index contributed by atoms with van der Waals surface area (Å²) in [5, 5.41) is 9.07. The molecule has 0 radical (unpaired) electrons. The van der Waals surface area contributed by atoms with E-state index in [0.29, 0.717) is 19.1 Å². The van der Waals surface area contributed by atoms with Crippen molar-refractivity contribution >= 4 is 6.29 Å². The van der Waals surface area contributed by atoms with E-state index in [4.69, 9.17) is 5.11 Å². The van der Waals surface area contributed by atoms with Gasteiger partial charge in [0.1, 0.15) is 5.60 Å². The van der Waals surface area contributed by atoms with Gasteiger partial charge in [-0.15, -0.1) is 0 Å². The van der Waals surface area contributed by atoms with Crippen LogP contribution in [-0.4, -0.2) is 17.0 Å². The summed E-state index contributed by atoms with van der Waals surface area (Å²) in [5.74, 6) is 0. The van der Waals surface area contributed by atoms with Crippen molar-refractivity contribution in [3.8, 4) is 0 Å². The van der Waals surface area contributed by atoms with Crippen LogP contribution in [0.4, 0.5) is 0 Å². The molecule has 1 aliphatic carbocycles. The van der Waals surface area contributed by atoms with Crippen LogP contribution in [0.3, 0.4) is 0 Å². The fourth-order valence-electron chi connectivity index (χ4n) is 0.754. The zero-order chi connectivity index (χ0) is 6.04. The normalized spacial score (nSPS) is 23.6. The number of carbonyl (C=O) groups excluding carboxylic acids is 1. The number of carbonyl (C=O) groups is 1. The summed E-state index contributed by atoms with van der Waals surface area (Å²) >= 11 is 0. The van der Waals surface area contributed by atoms with Crippen molar-refractivity contribution in [2.45, 2.75) is 18.4 Å². The second-order valence-electron chi connectivity index (χ2n) is 2.10. The van der Waals surface area contributed by atoms with Crippen LogP contribution in [0.15, 0.2) is 12.2 Å². The molecule has 0 saturated heterocycles. The molecule has 2 nitrogen and oxygen atoms in total. The first kappa shape index (κ1) is 5.51. The van der Waals surface area contributed by atoms with Crippen molar-refractivity contribution in [1.82, 2.24) is 0 Å². The van der Waals surface area contributed by atoms with Gasteiger partial charge >= 0.3 is 0 Å². The maximum atomic E-state index is 10.0. The van der Waals surface area contributed by atoms with Crippen molar-refractivity contribution in [2.24, 2.45) is 0 Å². The van der Waals surface area contributed by atoms with E-state index in [-0.39, 0.29) is 0 Å². The first-order valence-electron chi connectivity index (χ1n) is 2.60. The van der Waals surface area contributed by atoms with Crippen molar-refractivity contribution in [1.29, 1.82) is 0 Å². The van der Waals surface area contributed by atoms with E-state index in [9.17, 15) is 4.79 Å². The van der Waals surface area contributed by atoms with Crippen LogP contribution < -0.4 is 0 Å². The average Bonchev–Trinajstić information content (AvgIpc) is 2.17. The lowest BCUT2D eigenvalue weighted by molar-refractivity contribution is -0.122. The summed E-state index contributed by atoms with van der Waals surface area (Å²) in [7, 11) is 0. The Morgan fingerprint density at radius 3 is 2.25 bits per heavy atom. The minimum absolute atomic E-state index is 0.483. The van der Waals surface area contributed by atoms with Crippen molar-refractivity contribution < 1.29 is 9.90 Å². The van der Waals surface area contributed by atoms with Crippen molar-refractivity contribution in [3.05, 3.63) is 12.2 Å². The molecule has 1 rings (SSSR count). The maximum absolute atomic E-state index is 10.0. The lowest BCUT2D eigenvalue weighted by Crippen LogP contribution is -2.25. The second-order valence-corrected chi connectivity index (χ2v) is 2.10. The van der Waals surface area contributed by atoms with Gasteiger partial charge in [0.05, 0.1) is 0 Å². The van der Waals surface area contributed by atoms with Gasteiger partial charge < -0.3 is 9.90 Å². The third-order valence-electron chi connectivity index (χ3n) is 1.33. The fourth-order valence-corrected chi connectivity index (χ4v) is 0.754. The van der Waals surface area contributed by atoms with Crippen LogP contribution in [-0.2, 0) is 4.79 Å². The fraction of sp³-hybridized carbons (Fsp3) is 0.500. The molecule has 0 atom stereocenters. The van der Waals surface area contributed by atoms with Gasteiger partial charge in [-0.05, 0) is 0 Å². The standard InChI is InChI=1S/C6H8O2/c7-5-6(8)3-1-2-4-6/h1-2,5,8H,3-4H2. The van der Waals surface area contributed by atoms with Crippen molar-refractivity contribution in [2.75, 3.05) is 0 Å². The predicted molar refractivity (Wildman–Crippen MR) is 29.4 cm³/mol. The molecule has 0 aliphatic heterocycles. The van der Waals surface area contributed by atoms with Gasteiger partial charge in [-0.1, -0.05) is 12.2 Å². The summed E-state index contributed by atoms with van der Waals surface area (Å²) < 4.78 is 0. The van der Waals surface area contributed by atoms with Crippen LogP contribution in [0, 0.1) is 0 Å². The van der Waals surface area contributed by atoms with E-state index < -0.39 is 5.60 Å².